The minimum Gasteiger partial charge on any atom is -0.372 e. The Morgan fingerprint density at radius 2 is 1.93 bits per heavy atom. The zero-order valence-corrected chi connectivity index (χ0v) is 11.0. The lowest BCUT2D eigenvalue weighted by Crippen LogP contribution is -2.32. The van der Waals surface area contributed by atoms with Gasteiger partial charge < -0.3 is 4.90 Å². The smallest absolute Gasteiger partial charge is 0.0369 e. The average molecular weight is 268 g/mol. The van der Waals surface area contributed by atoms with E-state index in [0.717, 1.165) is 5.92 Å². The van der Waals surface area contributed by atoms with Crippen LogP contribution in [0.25, 0.3) is 0 Å². The summed E-state index contributed by atoms with van der Waals surface area (Å²) in [5, 5.41) is 0. The number of rotatable bonds is 1. The number of hydrogen-bond acceptors (Lipinski definition) is 1. The van der Waals surface area contributed by atoms with Crippen LogP contribution < -0.4 is 4.90 Å². The summed E-state index contributed by atoms with van der Waals surface area (Å²) < 4.78 is 1.21. The van der Waals surface area contributed by atoms with Gasteiger partial charge >= 0.3 is 0 Å². The van der Waals surface area contributed by atoms with Gasteiger partial charge in [0.05, 0.1) is 0 Å². The summed E-state index contributed by atoms with van der Waals surface area (Å²) in [7, 11) is 0. The first-order valence-corrected chi connectivity index (χ1v) is 6.47. The Morgan fingerprint density at radius 3 is 2.53 bits per heavy atom. The van der Waals surface area contributed by atoms with Crippen molar-refractivity contribution < 1.29 is 0 Å². The SMILES string of the molecule is Cc1cc(N2CCC(C)CC2)ccc1Br. The van der Waals surface area contributed by atoms with Gasteiger partial charge in [0.15, 0.2) is 0 Å². The van der Waals surface area contributed by atoms with Crippen molar-refractivity contribution in [1.29, 1.82) is 0 Å². The number of benzene rings is 1. The Kier molecular flexibility index (Phi) is 3.35. The molecule has 1 nitrogen and oxygen atoms in total. The van der Waals surface area contributed by atoms with Gasteiger partial charge in [-0.15, -0.1) is 0 Å². The highest BCUT2D eigenvalue weighted by Crippen LogP contribution is 2.26. The molecule has 15 heavy (non-hydrogen) atoms. The minimum absolute atomic E-state index is 0.901. The van der Waals surface area contributed by atoms with E-state index in [2.05, 4.69) is 52.9 Å². The maximum Gasteiger partial charge on any atom is 0.0369 e. The van der Waals surface area contributed by atoms with Crippen molar-refractivity contribution in [3.05, 3.63) is 28.2 Å². The molecule has 2 rings (SSSR count). The van der Waals surface area contributed by atoms with Crippen LogP contribution >= 0.6 is 15.9 Å². The molecule has 0 aliphatic carbocycles. The third-order valence-corrected chi connectivity index (χ3v) is 4.18. The lowest BCUT2D eigenvalue weighted by molar-refractivity contribution is 0.438. The molecule has 0 unspecified atom stereocenters. The van der Waals surface area contributed by atoms with Crippen molar-refractivity contribution in [2.75, 3.05) is 18.0 Å². The molecule has 2 heteroatoms. The lowest BCUT2D eigenvalue weighted by Gasteiger charge is -2.32. The predicted molar refractivity (Wildman–Crippen MR) is 69.5 cm³/mol. The highest BCUT2D eigenvalue weighted by atomic mass is 79.9. The molecule has 0 aromatic heterocycles. The summed E-state index contributed by atoms with van der Waals surface area (Å²) in [4.78, 5) is 2.50. The van der Waals surface area contributed by atoms with Crippen LogP contribution in [-0.2, 0) is 0 Å². The Labute approximate surface area is 101 Å². The standard InChI is InChI=1S/C13H18BrN/c1-10-5-7-15(8-6-10)12-3-4-13(14)11(2)9-12/h3-4,9-10H,5-8H2,1-2H3. The van der Waals surface area contributed by atoms with Gasteiger partial charge in [-0.3, -0.25) is 0 Å². The first kappa shape index (κ1) is 11.0. The van der Waals surface area contributed by atoms with Gasteiger partial charge in [-0.05, 0) is 49.4 Å². The molecular weight excluding hydrogens is 250 g/mol. The molecule has 1 aromatic rings. The van der Waals surface area contributed by atoms with E-state index in [-0.39, 0.29) is 0 Å². The lowest BCUT2D eigenvalue weighted by atomic mass is 9.98. The van der Waals surface area contributed by atoms with Crippen LogP contribution in [0.1, 0.15) is 25.3 Å². The molecule has 0 saturated carbocycles. The van der Waals surface area contributed by atoms with Crippen molar-refractivity contribution >= 4 is 21.6 Å². The highest BCUT2D eigenvalue weighted by Gasteiger charge is 2.16. The molecule has 82 valence electrons. The van der Waals surface area contributed by atoms with E-state index in [0.29, 0.717) is 0 Å². The molecule has 0 atom stereocenters. The largest absolute Gasteiger partial charge is 0.372 e. The van der Waals surface area contributed by atoms with Crippen LogP contribution in [0.4, 0.5) is 5.69 Å². The van der Waals surface area contributed by atoms with Crippen LogP contribution in [-0.4, -0.2) is 13.1 Å². The summed E-state index contributed by atoms with van der Waals surface area (Å²) in [5.41, 5.74) is 2.70. The van der Waals surface area contributed by atoms with Gasteiger partial charge in [0.25, 0.3) is 0 Å². The summed E-state index contributed by atoms with van der Waals surface area (Å²) in [6.07, 6.45) is 2.66. The van der Waals surface area contributed by atoms with Gasteiger partial charge in [0.2, 0.25) is 0 Å². The van der Waals surface area contributed by atoms with Crippen LogP contribution in [0.5, 0.6) is 0 Å². The highest BCUT2D eigenvalue weighted by molar-refractivity contribution is 9.10. The molecule has 1 fully saturated rings. The van der Waals surface area contributed by atoms with Crippen molar-refractivity contribution in [2.45, 2.75) is 26.7 Å². The van der Waals surface area contributed by atoms with E-state index < -0.39 is 0 Å². The van der Waals surface area contributed by atoms with Gasteiger partial charge in [-0.25, -0.2) is 0 Å². The molecule has 0 bridgehead atoms. The zero-order valence-electron chi connectivity index (χ0n) is 9.46. The molecule has 1 aromatic carbocycles. The molecule has 1 aliphatic heterocycles. The second kappa shape index (κ2) is 4.56. The fourth-order valence-electron chi connectivity index (χ4n) is 2.09. The summed E-state index contributed by atoms with van der Waals surface area (Å²) in [5.74, 6) is 0.901. The van der Waals surface area contributed by atoms with Crippen molar-refractivity contribution in [1.82, 2.24) is 0 Å². The first-order valence-electron chi connectivity index (χ1n) is 5.68. The Balaban J connectivity index is 2.12. The number of aryl methyl sites for hydroxylation is 1. The molecule has 1 heterocycles. The second-order valence-corrected chi connectivity index (χ2v) is 5.46. The fourth-order valence-corrected chi connectivity index (χ4v) is 2.34. The van der Waals surface area contributed by atoms with Crippen LogP contribution in [0.2, 0.25) is 0 Å². The zero-order chi connectivity index (χ0) is 10.8. The Morgan fingerprint density at radius 1 is 1.27 bits per heavy atom. The van der Waals surface area contributed by atoms with E-state index in [4.69, 9.17) is 0 Å². The third-order valence-electron chi connectivity index (χ3n) is 3.29. The molecule has 0 amide bonds. The first-order chi connectivity index (χ1) is 7.16. The number of nitrogens with zero attached hydrogens (tertiary/aromatic N) is 1. The molecule has 1 saturated heterocycles. The van der Waals surface area contributed by atoms with Gasteiger partial charge in [-0.2, -0.15) is 0 Å². The normalized spacial score (nSPS) is 18.2. The quantitative estimate of drug-likeness (QED) is 0.744. The number of hydrogen-bond donors (Lipinski definition) is 0. The van der Waals surface area contributed by atoms with Crippen LogP contribution in [0.15, 0.2) is 22.7 Å². The van der Waals surface area contributed by atoms with E-state index in [1.165, 1.54) is 41.7 Å². The Bertz CT molecular complexity index is 340. The summed E-state index contributed by atoms with van der Waals surface area (Å²) >= 11 is 3.54. The topological polar surface area (TPSA) is 3.24 Å². The van der Waals surface area contributed by atoms with Gasteiger partial charge in [-0.1, -0.05) is 22.9 Å². The molecule has 1 aliphatic rings. The molecule has 0 N–H and O–H groups in total. The Hall–Kier alpha value is -0.500. The predicted octanol–water partition coefficient (Wildman–Crippen LogP) is 3.99. The fraction of sp³-hybridized carbons (Fsp3) is 0.538. The van der Waals surface area contributed by atoms with Crippen molar-refractivity contribution in [3.63, 3.8) is 0 Å². The van der Waals surface area contributed by atoms with Crippen LogP contribution in [0, 0.1) is 12.8 Å². The van der Waals surface area contributed by atoms with E-state index >= 15 is 0 Å². The van der Waals surface area contributed by atoms with E-state index in [1.807, 2.05) is 0 Å². The molecular formula is C13H18BrN. The number of halogens is 1. The maximum atomic E-state index is 3.54. The third kappa shape index (κ3) is 2.54. The van der Waals surface area contributed by atoms with Crippen molar-refractivity contribution in [3.8, 4) is 0 Å². The van der Waals surface area contributed by atoms with E-state index in [1.54, 1.807) is 0 Å². The van der Waals surface area contributed by atoms with Crippen LogP contribution in [0.3, 0.4) is 0 Å². The average Bonchev–Trinajstić information content (AvgIpc) is 2.23. The van der Waals surface area contributed by atoms with Gasteiger partial charge in [0, 0.05) is 23.2 Å². The summed E-state index contributed by atoms with van der Waals surface area (Å²) in [6.45, 7) is 6.93. The van der Waals surface area contributed by atoms with E-state index in [9.17, 15) is 0 Å². The van der Waals surface area contributed by atoms with Gasteiger partial charge in [0.1, 0.15) is 0 Å². The number of piperidine rings is 1. The minimum atomic E-state index is 0.901. The monoisotopic (exact) mass is 267 g/mol. The molecule has 0 radical (unpaired) electrons. The summed E-state index contributed by atoms with van der Waals surface area (Å²) in [6, 6.07) is 6.65. The van der Waals surface area contributed by atoms with Crippen molar-refractivity contribution in [2.24, 2.45) is 5.92 Å². The maximum absolute atomic E-state index is 3.54. The second-order valence-electron chi connectivity index (χ2n) is 4.60. The molecule has 0 spiro atoms. The number of anilines is 1.